The van der Waals surface area contributed by atoms with E-state index in [1.165, 1.54) is 16.9 Å². The fraction of sp³-hybridized carbons (Fsp3) is 0.500. The van der Waals surface area contributed by atoms with Crippen molar-refractivity contribution < 1.29 is 4.79 Å². The van der Waals surface area contributed by atoms with Gasteiger partial charge in [-0.15, -0.1) is 23.7 Å². The van der Waals surface area contributed by atoms with Crippen molar-refractivity contribution in [3.8, 4) is 12.3 Å². The molecule has 1 aromatic heterocycles. The van der Waals surface area contributed by atoms with Crippen LogP contribution in [0.3, 0.4) is 0 Å². The lowest BCUT2D eigenvalue weighted by molar-refractivity contribution is 0.0941. The minimum Gasteiger partial charge on any atom is -0.348 e. The van der Waals surface area contributed by atoms with E-state index in [9.17, 15) is 4.79 Å². The third-order valence-corrected chi connectivity index (χ3v) is 4.40. The van der Waals surface area contributed by atoms with Crippen LogP contribution in [0.4, 0.5) is 0 Å². The van der Waals surface area contributed by atoms with Gasteiger partial charge in [-0.05, 0) is 37.3 Å². The molecule has 2 nitrogen and oxygen atoms in total. The van der Waals surface area contributed by atoms with E-state index in [0.717, 1.165) is 24.1 Å². The number of rotatable bonds is 4. The minimum atomic E-state index is 0.0338. The Kier molecular flexibility index (Phi) is 3.86. The average molecular weight is 247 g/mol. The lowest BCUT2D eigenvalue weighted by Crippen LogP contribution is -2.33. The number of amides is 1. The van der Waals surface area contributed by atoms with Crippen LogP contribution >= 0.6 is 11.3 Å². The van der Waals surface area contributed by atoms with Crippen molar-refractivity contribution in [1.29, 1.82) is 0 Å². The number of fused-ring (bicyclic) bond motifs is 1. The van der Waals surface area contributed by atoms with Gasteiger partial charge in [0, 0.05) is 17.3 Å². The molecule has 3 heteroatoms. The average Bonchev–Trinajstić information content (AvgIpc) is 2.88. The number of thiophene rings is 1. The molecule has 1 aromatic rings. The van der Waals surface area contributed by atoms with Gasteiger partial charge in [-0.1, -0.05) is 6.92 Å². The molecule has 0 saturated carbocycles. The van der Waals surface area contributed by atoms with Crippen molar-refractivity contribution in [3.05, 3.63) is 21.4 Å². The lowest BCUT2D eigenvalue weighted by atomic mass is 10.1. The highest BCUT2D eigenvalue weighted by molar-refractivity contribution is 7.14. The zero-order chi connectivity index (χ0) is 12.3. The third-order valence-electron chi connectivity index (χ3n) is 3.16. The van der Waals surface area contributed by atoms with E-state index in [1.54, 1.807) is 11.3 Å². The highest BCUT2D eigenvalue weighted by atomic mass is 32.1. The topological polar surface area (TPSA) is 29.1 Å². The van der Waals surface area contributed by atoms with Gasteiger partial charge in [0.25, 0.3) is 5.91 Å². The number of nitrogens with one attached hydrogen (secondary N) is 1. The summed E-state index contributed by atoms with van der Waals surface area (Å²) in [6, 6.07) is 2.15. The minimum absolute atomic E-state index is 0.0338. The largest absolute Gasteiger partial charge is 0.348 e. The van der Waals surface area contributed by atoms with Crippen molar-refractivity contribution >= 4 is 17.2 Å². The number of hydrogen-bond acceptors (Lipinski definition) is 2. The molecule has 0 spiro atoms. The van der Waals surface area contributed by atoms with Gasteiger partial charge in [0.2, 0.25) is 0 Å². The van der Waals surface area contributed by atoms with E-state index >= 15 is 0 Å². The summed E-state index contributed by atoms with van der Waals surface area (Å²) in [6.07, 6.45) is 10.3. The first-order chi connectivity index (χ1) is 8.24. The standard InChI is InChI=1S/C14H17NOS/c1-3-6-11(4-2)15-14(16)13-9-10-7-5-8-12(10)17-13/h1,9,11H,4-8H2,2H3,(H,15,16). The monoisotopic (exact) mass is 247 g/mol. The smallest absolute Gasteiger partial charge is 0.261 e. The molecule has 0 saturated heterocycles. The van der Waals surface area contributed by atoms with Crippen LogP contribution in [-0.4, -0.2) is 11.9 Å². The third kappa shape index (κ3) is 2.70. The molecule has 0 aliphatic heterocycles. The SMILES string of the molecule is C#CCC(CC)NC(=O)c1cc2c(s1)CCC2. The van der Waals surface area contributed by atoms with E-state index in [1.807, 2.05) is 13.0 Å². The van der Waals surface area contributed by atoms with Crippen LogP contribution in [0.1, 0.15) is 46.3 Å². The molecule has 1 heterocycles. The number of carbonyl (C=O) groups excluding carboxylic acids is 1. The van der Waals surface area contributed by atoms with Gasteiger partial charge in [-0.2, -0.15) is 0 Å². The lowest BCUT2D eigenvalue weighted by Gasteiger charge is -2.13. The predicted octanol–water partition coefficient (Wildman–Crippen LogP) is 2.77. The Morgan fingerprint density at radius 3 is 3.12 bits per heavy atom. The fourth-order valence-electron chi connectivity index (χ4n) is 2.14. The summed E-state index contributed by atoms with van der Waals surface area (Å²) in [5.41, 5.74) is 1.37. The normalized spacial score (nSPS) is 15.1. The molecule has 0 aromatic carbocycles. The van der Waals surface area contributed by atoms with Crippen LogP contribution in [-0.2, 0) is 12.8 Å². The van der Waals surface area contributed by atoms with Gasteiger partial charge < -0.3 is 5.32 Å². The van der Waals surface area contributed by atoms with Crippen LogP contribution in [0.15, 0.2) is 6.07 Å². The molecule has 1 N–H and O–H groups in total. The summed E-state index contributed by atoms with van der Waals surface area (Å²) in [5, 5.41) is 3.00. The van der Waals surface area contributed by atoms with E-state index in [0.29, 0.717) is 6.42 Å². The molecule has 1 unspecified atom stereocenters. The molecule has 0 fully saturated rings. The molecule has 90 valence electrons. The second-order valence-electron chi connectivity index (χ2n) is 4.40. The van der Waals surface area contributed by atoms with Crippen molar-refractivity contribution in [2.24, 2.45) is 0 Å². The molecule has 1 aliphatic carbocycles. The van der Waals surface area contributed by atoms with Crippen LogP contribution in [0.5, 0.6) is 0 Å². The van der Waals surface area contributed by atoms with Crippen LogP contribution < -0.4 is 5.32 Å². The van der Waals surface area contributed by atoms with Crippen LogP contribution in [0.2, 0.25) is 0 Å². The maximum atomic E-state index is 12.0. The van der Waals surface area contributed by atoms with Gasteiger partial charge in [0.15, 0.2) is 0 Å². The van der Waals surface area contributed by atoms with Crippen molar-refractivity contribution in [3.63, 3.8) is 0 Å². The highest BCUT2D eigenvalue weighted by Crippen LogP contribution is 2.30. The maximum Gasteiger partial charge on any atom is 0.261 e. The molecular formula is C14H17NOS. The Bertz CT molecular complexity index is 434. The number of terminal acetylenes is 1. The van der Waals surface area contributed by atoms with Gasteiger partial charge in [0.1, 0.15) is 0 Å². The highest BCUT2D eigenvalue weighted by Gasteiger charge is 2.19. The Morgan fingerprint density at radius 1 is 1.65 bits per heavy atom. The molecule has 0 bridgehead atoms. The van der Waals surface area contributed by atoms with Crippen LogP contribution in [0, 0.1) is 12.3 Å². The summed E-state index contributed by atoms with van der Waals surface area (Å²) in [4.78, 5) is 14.3. The Labute approximate surface area is 106 Å². The summed E-state index contributed by atoms with van der Waals surface area (Å²) in [7, 11) is 0. The van der Waals surface area contributed by atoms with Gasteiger partial charge in [-0.25, -0.2) is 0 Å². The molecule has 1 amide bonds. The summed E-state index contributed by atoms with van der Waals surface area (Å²) >= 11 is 1.64. The Morgan fingerprint density at radius 2 is 2.47 bits per heavy atom. The predicted molar refractivity (Wildman–Crippen MR) is 71.3 cm³/mol. The summed E-state index contributed by atoms with van der Waals surface area (Å²) < 4.78 is 0. The van der Waals surface area contributed by atoms with E-state index < -0.39 is 0 Å². The first kappa shape index (κ1) is 12.2. The van der Waals surface area contributed by atoms with Crippen molar-refractivity contribution in [2.45, 2.75) is 45.1 Å². The second kappa shape index (κ2) is 5.37. The van der Waals surface area contributed by atoms with E-state index in [2.05, 4.69) is 11.2 Å². The van der Waals surface area contributed by atoms with Gasteiger partial charge in [0.05, 0.1) is 4.88 Å². The zero-order valence-electron chi connectivity index (χ0n) is 10.1. The summed E-state index contributed by atoms with van der Waals surface area (Å²) in [6.45, 7) is 2.04. The second-order valence-corrected chi connectivity index (χ2v) is 5.54. The molecule has 0 radical (unpaired) electrons. The van der Waals surface area contributed by atoms with Crippen LogP contribution in [0.25, 0.3) is 0 Å². The van der Waals surface area contributed by atoms with Crippen molar-refractivity contribution in [1.82, 2.24) is 5.32 Å². The van der Waals surface area contributed by atoms with Gasteiger partial charge in [-0.3, -0.25) is 4.79 Å². The number of aryl methyl sites for hydroxylation is 2. The molecule has 1 atom stereocenters. The molecular weight excluding hydrogens is 230 g/mol. The maximum absolute atomic E-state index is 12.0. The van der Waals surface area contributed by atoms with E-state index in [-0.39, 0.29) is 11.9 Å². The number of hydrogen-bond donors (Lipinski definition) is 1. The molecule has 2 rings (SSSR count). The van der Waals surface area contributed by atoms with E-state index in [4.69, 9.17) is 6.42 Å². The molecule has 17 heavy (non-hydrogen) atoms. The first-order valence-corrected chi connectivity index (χ1v) is 6.92. The number of carbonyl (C=O) groups is 1. The van der Waals surface area contributed by atoms with Gasteiger partial charge >= 0.3 is 0 Å². The zero-order valence-corrected chi connectivity index (χ0v) is 10.9. The Hall–Kier alpha value is -1.27. The molecule has 1 aliphatic rings. The Balaban J connectivity index is 2.02. The fourth-order valence-corrected chi connectivity index (χ4v) is 3.29. The van der Waals surface area contributed by atoms with Crippen molar-refractivity contribution in [2.75, 3.05) is 0 Å². The summed E-state index contributed by atoms with van der Waals surface area (Å²) in [5.74, 6) is 2.64. The quantitative estimate of drug-likeness (QED) is 0.814. The first-order valence-electron chi connectivity index (χ1n) is 6.10.